The minimum Gasteiger partial charge on any atom is -0.354 e. The number of amides is 2. The van der Waals surface area contributed by atoms with E-state index in [1.54, 1.807) is 20.8 Å². The first-order valence-electron chi connectivity index (χ1n) is 7.81. The number of hydrogen-bond acceptors (Lipinski definition) is 2. The third-order valence-corrected chi connectivity index (χ3v) is 4.43. The fourth-order valence-corrected chi connectivity index (χ4v) is 2.79. The number of hydrogen-bond donors (Lipinski definition) is 1. The topological polar surface area (TPSA) is 49.4 Å². The molecule has 1 fully saturated rings. The molecule has 2 amide bonds. The first-order chi connectivity index (χ1) is 11.0. The lowest BCUT2D eigenvalue weighted by Crippen LogP contribution is -2.51. The van der Waals surface area contributed by atoms with Gasteiger partial charge in [0.05, 0.1) is 11.0 Å². The lowest BCUT2D eigenvalue weighted by molar-refractivity contribution is -0.143. The van der Waals surface area contributed by atoms with Gasteiger partial charge in [-0.2, -0.15) is 13.2 Å². The molecule has 1 atom stereocenters. The minimum absolute atomic E-state index is 0.249. The van der Waals surface area contributed by atoms with E-state index in [1.807, 2.05) is 0 Å². The summed E-state index contributed by atoms with van der Waals surface area (Å²) in [6.07, 6.45) is -3.86. The maximum absolute atomic E-state index is 13.0. The van der Waals surface area contributed by atoms with Crippen LogP contribution < -0.4 is 5.32 Å². The molecule has 0 radical (unpaired) electrons. The van der Waals surface area contributed by atoms with Crippen molar-refractivity contribution < 1.29 is 22.8 Å². The highest BCUT2D eigenvalue weighted by Gasteiger charge is 2.39. The summed E-state index contributed by atoms with van der Waals surface area (Å²) in [5.41, 5.74) is -1.68. The van der Waals surface area contributed by atoms with Gasteiger partial charge in [-0.05, 0) is 38.8 Å². The van der Waals surface area contributed by atoms with Gasteiger partial charge in [-0.3, -0.25) is 9.59 Å². The average Bonchev–Trinajstić information content (AvgIpc) is 2.68. The Hall–Kier alpha value is -2.05. The molecule has 1 aromatic carbocycles. The highest BCUT2D eigenvalue weighted by atomic mass is 19.4. The van der Waals surface area contributed by atoms with Crippen LogP contribution in [0.25, 0.3) is 0 Å². The summed E-state index contributed by atoms with van der Waals surface area (Å²) in [7, 11) is 0. The zero-order valence-electron chi connectivity index (χ0n) is 13.9. The average molecular weight is 342 g/mol. The number of nitrogens with zero attached hydrogens (tertiary/aromatic N) is 1. The molecule has 0 aliphatic carbocycles. The van der Waals surface area contributed by atoms with E-state index in [4.69, 9.17) is 0 Å². The predicted molar refractivity (Wildman–Crippen MR) is 83.3 cm³/mol. The molecule has 24 heavy (non-hydrogen) atoms. The van der Waals surface area contributed by atoms with Crippen molar-refractivity contribution >= 4 is 11.8 Å². The van der Waals surface area contributed by atoms with Gasteiger partial charge < -0.3 is 10.2 Å². The molecule has 0 saturated carbocycles. The van der Waals surface area contributed by atoms with Crippen LogP contribution in [-0.2, 0) is 21.2 Å². The number of rotatable bonds is 2. The van der Waals surface area contributed by atoms with Crippen LogP contribution in [0.2, 0.25) is 0 Å². The first-order valence-corrected chi connectivity index (χ1v) is 7.81. The molecule has 1 aliphatic rings. The lowest BCUT2D eigenvalue weighted by Gasteiger charge is -2.34. The highest BCUT2D eigenvalue weighted by molar-refractivity contribution is 5.92. The third kappa shape index (κ3) is 3.55. The van der Waals surface area contributed by atoms with E-state index in [0.29, 0.717) is 19.5 Å². The van der Waals surface area contributed by atoms with Crippen LogP contribution in [0.15, 0.2) is 24.3 Å². The summed E-state index contributed by atoms with van der Waals surface area (Å²) in [4.78, 5) is 26.3. The van der Waals surface area contributed by atoms with Gasteiger partial charge in [0, 0.05) is 13.1 Å². The van der Waals surface area contributed by atoms with Crippen molar-refractivity contribution in [3.05, 3.63) is 35.4 Å². The Labute approximate surface area is 139 Å². The van der Waals surface area contributed by atoms with E-state index >= 15 is 0 Å². The van der Waals surface area contributed by atoms with E-state index < -0.39 is 23.2 Å². The van der Waals surface area contributed by atoms with E-state index in [2.05, 4.69) is 5.32 Å². The van der Waals surface area contributed by atoms with Gasteiger partial charge in [-0.25, -0.2) is 0 Å². The van der Waals surface area contributed by atoms with Crippen LogP contribution in [0.5, 0.6) is 0 Å². The second-order valence-corrected chi connectivity index (χ2v) is 6.52. The molecule has 0 aromatic heterocycles. The highest BCUT2D eigenvalue weighted by Crippen LogP contribution is 2.34. The summed E-state index contributed by atoms with van der Waals surface area (Å²) < 4.78 is 38.8. The summed E-state index contributed by atoms with van der Waals surface area (Å²) in [6.45, 7) is 5.67. The minimum atomic E-state index is -4.47. The zero-order valence-corrected chi connectivity index (χ0v) is 13.9. The maximum Gasteiger partial charge on any atom is 0.416 e. The molecule has 1 aromatic rings. The number of benzene rings is 1. The van der Waals surface area contributed by atoms with Crippen LogP contribution in [0.1, 0.15) is 38.3 Å². The summed E-state index contributed by atoms with van der Waals surface area (Å²) in [6, 6.07) is 4.14. The first kappa shape index (κ1) is 18.3. The normalized spacial score (nSPS) is 19.7. The Morgan fingerprint density at radius 2 is 1.88 bits per heavy atom. The van der Waals surface area contributed by atoms with Crippen molar-refractivity contribution in [1.29, 1.82) is 0 Å². The van der Waals surface area contributed by atoms with Crippen LogP contribution in [0.4, 0.5) is 13.2 Å². The van der Waals surface area contributed by atoms with Crippen molar-refractivity contribution in [2.45, 2.75) is 44.8 Å². The smallest absolute Gasteiger partial charge is 0.354 e. The Morgan fingerprint density at radius 1 is 1.25 bits per heavy atom. The molecule has 2 rings (SSSR count). The summed E-state index contributed by atoms with van der Waals surface area (Å²) >= 11 is 0. The largest absolute Gasteiger partial charge is 0.416 e. The van der Waals surface area contributed by atoms with E-state index in [1.165, 1.54) is 17.0 Å². The Balaban J connectivity index is 2.35. The predicted octanol–water partition coefficient (Wildman–Crippen LogP) is 2.72. The molecule has 0 bridgehead atoms. The quantitative estimate of drug-likeness (QED) is 0.898. The number of carbonyl (C=O) groups excluding carboxylic acids is 2. The van der Waals surface area contributed by atoms with Gasteiger partial charge in [0.15, 0.2) is 0 Å². The van der Waals surface area contributed by atoms with E-state index in [0.717, 1.165) is 12.1 Å². The van der Waals surface area contributed by atoms with Gasteiger partial charge in [-0.15, -0.1) is 0 Å². The molecule has 1 saturated heterocycles. The van der Waals surface area contributed by atoms with Crippen LogP contribution in [-0.4, -0.2) is 35.8 Å². The van der Waals surface area contributed by atoms with E-state index in [-0.39, 0.29) is 17.4 Å². The molecule has 1 unspecified atom stereocenters. The maximum atomic E-state index is 13.0. The van der Waals surface area contributed by atoms with Crippen molar-refractivity contribution in [2.75, 3.05) is 13.1 Å². The molecule has 7 heteroatoms. The van der Waals surface area contributed by atoms with Gasteiger partial charge in [0.1, 0.15) is 6.04 Å². The number of halogens is 3. The molecule has 132 valence electrons. The Kier molecular flexibility index (Phi) is 4.92. The van der Waals surface area contributed by atoms with Crippen LogP contribution >= 0.6 is 0 Å². The fourth-order valence-electron chi connectivity index (χ4n) is 2.79. The van der Waals surface area contributed by atoms with Gasteiger partial charge in [-0.1, -0.05) is 18.2 Å². The molecular weight excluding hydrogens is 321 g/mol. The third-order valence-electron chi connectivity index (χ3n) is 4.43. The van der Waals surface area contributed by atoms with Crippen molar-refractivity contribution in [2.24, 2.45) is 0 Å². The summed E-state index contributed by atoms with van der Waals surface area (Å²) in [5.74, 6) is -0.605. The number of nitrogens with one attached hydrogen (secondary N) is 1. The number of alkyl halides is 3. The summed E-state index contributed by atoms with van der Waals surface area (Å²) in [5, 5.41) is 2.72. The molecule has 4 nitrogen and oxygen atoms in total. The Bertz CT molecular complexity index is 641. The van der Waals surface area contributed by atoms with Gasteiger partial charge in [0.2, 0.25) is 11.8 Å². The Morgan fingerprint density at radius 3 is 2.50 bits per heavy atom. The molecule has 0 spiro atoms. The van der Waals surface area contributed by atoms with Crippen LogP contribution in [0.3, 0.4) is 0 Å². The molecule has 1 aliphatic heterocycles. The zero-order chi connectivity index (χ0) is 18.1. The fraction of sp³-hybridized carbons (Fsp3) is 0.529. The standard InChI is InChI=1S/C17H21F3N2O2/c1-11-14(23)21-8-5-9-22(11)15(24)16(2,3)12-6-4-7-13(10-12)17(18,19)20/h4,6-7,10-11H,5,8-9H2,1-3H3,(H,21,23). The lowest BCUT2D eigenvalue weighted by atomic mass is 9.82. The van der Waals surface area contributed by atoms with Crippen LogP contribution in [0, 0.1) is 0 Å². The molecule has 1 N–H and O–H groups in total. The van der Waals surface area contributed by atoms with Gasteiger partial charge >= 0.3 is 6.18 Å². The van der Waals surface area contributed by atoms with E-state index in [9.17, 15) is 22.8 Å². The molecule has 1 heterocycles. The molecular formula is C17H21F3N2O2. The monoisotopic (exact) mass is 342 g/mol. The van der Waals surface area contributed by atoms with Crippen molar-refractivity contribution in [3.8, 4) is 0 Å². The SMILES string of the molecule is CC1C(=O)NCCCN1C(=O)C(C)(C)c1cccc(C(F)(F)F)c1. The van der Waals surface area contributed by atoms with Gasteiger partial charge in [0.25, 0.3) is 0 Å². The second-order valence-electron chi connectivity index (χ2n) is 6.52. The number of carbonyl (C=O) groups is 2. The second kappa shape index (κ2) is 6.45. The van der Waals surface area contributed by atoms with Crippen molar-refractivity contribution in [3.63, 3.8) is 0 Å². The van der Waals surface area contributed by atoms with Crippen molar-refractivity contribution in [1.82, 2.24) is 10.2 Å².